The van der Waals surface area contributed by atoms with Gasteiger partial charge in [-0.25, -0.2) is 9.97 Å². The van der Waals surface area contributed by atoms with Crippen LogP contribution in [-0.4, -0.2) is 19.1 Å². The van der Waals surface area contributed by atoms with Crippen molar-refractivity contribution in [3.8, 4) is 56.4 Å². The van der Waals surface area contributed by atoms with Crippen molar-refractivity contribution in [1.82, 2.24) is 19.1 Å². The third kappa shape index (κ3) is 5.64. The van der Waals surface area contributed by atoms with E-state index in [1.54, 1.807) is 0 Å². The number of fused-ring (bicyclic) bond motifs is 9. The summed E-state index contributed by atoms with van der Waals surface area (Å²) in [6.07, 6.45) is 0. The maximum Gasteiger partial charge on any atom is 0.160 e. The Bertz CT molecular complexity index is 3670. The third-order valence-electron chi connectivity index (χ3n) is 12.5. The number of furan rings is 1. The highest BCUT2D eigenvalue weighted by atomic mass is 16.3. The average Bonchev–Trinajstić information content (AvgIpc) is 4.02. The van der Waals surface area contributed by atoms with E-state index in [0.29, 0.717) is 5.82 Å². The fourth-order valence-corrected chi connectivity index (χ4v) is 9.70. The monoisotopic (exact) mass is 804 g/mol. The summed E-state index contributed by atoms with van der Waals surface area (Å²) >= 11 is 0. The number of hydrogen-bond donors (Lipinski definition) is 0. The van der Waals surface area contributed by atoms with Gasteiger partial charge in [0.1, 0.15) is 11.2 Å². The van der Waals surface area contributed by atoms with Crippen LogP contribution in [0.4, 0.5) is 0 Å². The van der Waals surface area contributed by atoms with Gasteiger partial charge in [-0.15, -0.1) is 0 Å². The summed E-state index contributed by atoms with van der Waals surface area (Å²) < 4.78 is 11.0. The summed E-state index contributed by atoms with van der Waals surface area (Å²) in [5.41, 5.74) is 15.4. The summed E-state index contributed by atoms with van der Waals surface area (Å²) in [6, 6.07) is 77.4. The molecule has 0 atom stereocenters. The third-order valence-corrected chi connectivity index (χ3v) is 12.5. The van der Waals surface area contributed by atoms with E-state index < -0.39 is 0 Å². The molecule has 0 N–H and O–H groups in total. The van der Waals surface area contributed by atoms with Crippen LogP contribution in [0.25, 0.3) is 122 Å². The van der Waals surface area contributed by atoms with Gasteiger partial charge >= 0.3 is 0 Å². The first-order chi connectivity index (χ1) is 31.2. The van der Waals surface area contributed by atoms with Gasteiger partial charge < -0.3 is 13.6 Å². The Hall–Kier alpha value is -8.54. The van der Waals surface area contributed by atoms with Gasteiger partial charge in [0.05, 0.1) is 33.5 Å². The van der Waals surface area contributed by atoms with Gasteiger partial charge in [0, 0.05) is 60.4 Å². The fraction of sp³-hybridized carbons (Fsp3) is 0. The second-order valence-electron chi connectivity index (χ2n) is 16.2. The fourth-order valence-electron chi connectivity index (χ4n) is 9.70. The Morgan fingerprint density at radius 1 is 0.317 bits per heavy atom. The topological polar surface area (TPSA) is 48.8 Å². The SMILES string of the molecule is c1ccc(-c2nc(-c3ccc(-c4cccc5oc6ccccc6c45)cc3)cc(-c3cc(-n4c5ccccc5c5ccccc54)cc(-n4c5ccccc5c5ccccc54)c3)n2)cc1. The summed E-state index contributed by atoms with van der Waals surface area (Å²) in [5.74, 6) is 0.669. The molecule has 0 unspecified atom stereocenters. The predicted octanol–water partition coefficient (Wildman–Crippen LogP) is 15.2. The van der Waals surface area contributed by atoms with Crippen LogP contribution in [0.3, 0.4) is 0 Å². The van der Waals surface area contributed by atoms with Gasteiger partial charge in [-0.05, 0) is 71.8 Å². The lowest BCUT2D eigenvalue weighted by atomic mass is 9.97. The molecule has 0 saturated heterocycles. The van der Waals surface area contributed by atoms with Crippen LogP contribution in [0.2, 0.25) is 0 Å². The van der Waals surface area contributed by atoms with Crippen molar-refractivity contribution in [3.05, 3.63) is 218 Å². The molecular formula is C58H36N4O. The van der Waals surface area contributed by atoms with Crippen LogP contribution >= 0.6 is 0 Å². The standard InChI is InChI=1S/C58H36N4O/c1-2-15-39(16-3-1)58-59-49(38-31-29-37(30-32-38)43-22-14-28-56-57(43)48-21-8-13-27-55(48)63-56)36-50(60-58)40-33-41(61-51-23-9-4-17-44(51)45-18-5-10-24-52(45)61)35-42(34-40)62-53-25-11-6-19-46(53)47-20-7-12-26-54(47)62/h1-36H. The zero-order valence-corrected chi connectivity index (χ0v) is 34.0. The lowest BCUT2D eigenvalue weighted by molar-refractivity contribution is 0.669. The first-order valence-electron chi connectivity index (χ1n) is 21.3. The molecule has 63 heavy (non-hydrogen) atoms. The minimum atomic E-state index is 0.669. The quantitative estimate of drug-likeness (QED) is 0.168. The Morgan fingerprint density at radius 3 is 1.35 bits per heavy atom. The van der Waals surface area contributed by atoms with Gasteiger partial charge in [-0.3, -0.25) is 0 Å². The van der Waals surface area contributed by atoms with Crippen molar-refractivity contribution in [2.75, 3.05) is 0 Å². The minimum Gasteiger partial charge on any atom is -0.456 e. The molecule has 0 bridgehead atoms. The van der Waals surface area contributed by atoms with E-state index >= 15 is 0 Å². The van der Waals surface area contributed by atoms with E-state index in [0.717, 1.165) is 94.6 Å². The summed E-state index contributed by atoms with van der Waals surface area (Å²) in [7, 11) is 0. The number of para-hydroxylation sites is 5. The first-order valence-corrected chi connectivity index (χ1v) is 21.3. The minimum absolute atomic E-state index is 0.669. The molecule has 9 aromatic carbocycles. The van der Waals surface area contributed by atoms with Crippen LogP contribution in [0, 0.1) is 0 Å². The molecule has 0 aliphatic rings. The molecule has 294 valence electrons. The lowest BCUT2D eigenvalue weighted by Crippen LogP contribution is -2.01. The van der Waals surface area contributed by atoms with Crippen molar-refractivity contribution in [2.24, 2.45) is 0 Å². The summed E-state index contributed by atoms with van der Waals surface area (Å²) in [4.78, 5) is 10.6. The molecule has 4 aromatic heterocycles. The molecule has 0 spiro atoms. The van der Waals surface area contributed by atoms with Gasteiger partial charge in [0.15, 0.2) is 5.82 Å². The zero-order valence-electron chi connectivity index (χ0n) is 34.0. The van der Waals surface area contributed by atoms with E-state index in [1.807, 2.05) is 36.4 Å². The van der Waals surface area contributed by atoms with Gasteiger partial charge in [-0.2, -0.15) is 0 Å². The van der Waals surface area contributed by atoms with Gasteiger partial charge in [0.25, 0.3) is 0 Å². The van der Waals surface area contributed by atoms with Crippen molar-refractivity contribution in [2.45, 2.75) is 0 Å². The lowest BCUT2D eigenvalue weighted by Gasteiger charge is -2.16. The van der Waals surface area contributed by atoms with Crippen LogP contribution in [0.1, 0.15) is 0 Å². The summed E-state index contributed by atoms with van der Waals surface area (Å²) in [5, 5.41) is 7.10. The van der Waals surface area contributed by atoms with Gasteiger partial charge in [-0.1, -0.05) is 158 Å². The molecule has 0 amide bonds. The largest absolute Gasteiger partial charge is 0.456 e. The van der Waals surface area contributed by atoms with Crippen LogP contribution in [0.5, 0.6) is 0 Å². The predicted molar refractivity (Wildman–Crippen MR) is 260 cm³/mol. The number of benzene rings is 9. The molecular weight excluding hydrogens is 769 g/mol. The Morgan fingerprint density at radius 2 is 0.778 bits per heavy atom. The molecule has 4 heterocycles. The first kappa shape index (κ1) is 35.2. The van der Waals surface area contributed by atoms with Crippen LogP contribution in [0.15, 0.2) is 223 Å². The smallest absolute Gasteiger partial charge is 0.160 e. The van der Waals surface area contributed by atoms with Crippen molar-refractivity contribution >= 4 is 65.6 Å². The zero-order chi connectivity index (χ0) is 41.4. The normalized spacial score (nSPS) is 11.8. The molecule has 13 rings (SSSR count). The molecule has 13 aromatic rings. The van der Waals surface area contributed by atoms with Crippen molar-refractivity contribution < 1.29 is 4.42 Å². The van der Waals surface area contributed by atoms with Gasteiger partial charge in [0.2, 0.25) is 0 Å². The van der Waals surface area contributed by atoms with E-state index in [9.17, 15) is 0 Å². The molecule has 0 aliphatic heterocycles. The Kier molecular flexibility index (Phi) is 7.84. The van der Waals surface area contributed by atoms with E-state index in [1.165, 1.54) is 21.5 Å². The highest BCUT2D eigenvalue weighted by molar-refractivity contribution is 6.13. The number of nitrogens with zero attached hydrogens (tertiary/aromatic N) is 4. The average molecular weight is 805 g/mol. The van der Waals surface area contributed by atoms with E-state index in [2.05, 4.69) is 191 Å². The molecule has 5 nitrogen and oxygen atoms in total. The number of aromatic nitrogens is 4. The van der Waals surface area contributed by atoms with Crippen molar-refractivity contribution in [1.29, 1.82) is 0 Å². The maximum absolute atomic E-state index is 6.25. The van der Waals surface area contributed by atoms with Crippen LogP contribution < -0.4 is 0 Å². The molecule has 0 aliphatic carbocycles. The Labute approximate surface area is 362 Å². The highest BCUT2D eigenvalue weighted by Gasteiger charge is 2.19. The summed E-state index contributed by atoms with van der Waals surface area (Å²) in [6.45, 7) is 0. The molecule has 5 heteroatoms. The Balaban J connectivity index is 1.04. The molecule has 0 saturated carbocycles. The van der Waals surface area contributed by atoms with E-state index in [-0.39, 0.29) is 0 Å². The second kappa shape index (κ2) is 14.0. The second-order valence-corrected chi connectivity index (χ2v) is 16.2. The molecule has 0 radical (unpaired) electrons. The molecule has 0 fully saturated rings. The number of hydrogen-bond acceptors (Lipinski definition) is 3. The van der Waals surface area contributed by atoms with E-state index in [4.69, 9.17) is 14.4 Å². The van der Waals surface area contributed by atoms with Crippen LogP contribution in [-0.2, 0) is 0 Å². The highest BCUT2D eigenvalue weighted by Crippen LogP contribution is 2.40. The van der Waals surface area contributed by atoms with Crippen molar-refractivity contribution in [3.63, 3.8) is 0 Å². The maximum atomic E-state index is 6.25. The number of rotatable bonds is 6.